The molecule has 25 heavy (non-hydrogen) atoms. The molecule has 0 bridgehead atoms. The number of carbonyl (C=O) groups excluding carboxylic acids is 2. The molecule has 0 saturated carbocycles. The minimum Gasteiger partial charge on any atom is -0.496 e. The molecule has 1 aliphatic rings. The number of hydrogen-bond donors (Lipinski definition) is 2. The van der Waals surface area contributed by atoms with Crippen molar-refractivity contribution in [2.45, 2.75) is 19.3 Å². The summed E-state index contributed by atoms with van der Waals surface area (Å²) in [6.07, 6.45) is 0. The third-order valence-corrected chi connectivity index (χ3v) is 4.42. The summed E-state index contributed by atoms with van der Waals surface area (Å²) in [6, 6.07) is 10.5. The molecule has 2 aromatic carbocycles. The number of carbonyl (C=O) groups is 2. The van der Waals surface area contributed by atoms with Crippen molar-refractivity contribution in [2.75, 3.05) is 24.9 Å². The van der Waals surface area contributed by atoms with Crippen LogP contribution in [0.15, 0.2) is 36.4 Å². The Hall–Kier alpha value is -3.02. The lowest BCUT2D eigenvalue weighted by atomic mass is 9.86. The molecule has 0 spiro atoms. The van der Waals surface area contributed by atoms with Crippen molar-refractivity contribution in [1.82, 2.24) is 0 Å². The summed E-state index contributed by atoms with van der Waals surface area (Å²) in [5.41, 5.74) is 1.89. The van der Waals surface area contributed by atoms with Gasteiger partial charge in [0.15, 0.2) is 0 Å². The Morgan fingerprint density at radius 2 is 1.72 bits per heavy atom. The van der Waals surface area contributed by atoms with E-state index in [1.807, 2.05) is 19.9 Å². The molecule has 0 aromatic heterocycles. The Kier molecular flexibility index (Phi) is 4.12. The van der Waals surface area contributed by atoms with Gasteiger partial charge in [0.1, 0.15) is 17.1 Å². The van der Waals surface area contributed by atoms with Crippen LogP contribution < -0.4 is 20.1 Å². The molecule has 2 amide bonds. The first-order chi connectivity index (χ1) is 11.9. The largest absolute Gasteiger partial charge is 0.496 e. The molecule has 0 radical (unpaired) electrons. The van der Waals surface area contributed by atoms with Crippen LogP contribution in [-0.2, 0) is 10.2 Å². The molecule has 0 unspecified atom stereocenters. The van der Waals surface area contributed by atoms with Gasteiger partial charge >= 0.3 is 0 Å². The highest BCUT2D eigenvalue weighted by Gasteiger charge is 2.38. The monoisotopic (exact) mass is 340 g/mol. The van der Waals surface area contributed by atoms with Gasteiger partial charge in [-0.2, -0.15) is 0 Å². The molecule has 6 nitrogen and oxygen atoms in total. The molecule has 1 aliphatic heterocycles. The maximum atomic E-state index is 12.7. The minimum absolute atomic E-state index is 0.0580. The third-order valence-electron chi connectivity index (χ3n) is 4.42. The summed E-state index contributed by atoms with van der Waals surface area (Å²) in [6.45, 7) is 3.70. The van der Waals surface area contributed by atoms with Gasteiger partial charge in [-0.25, -0.2) is 0 Å². The molecular weight excluding hydrogens is 320 g/mol. The van der Waals surface area contributed by atoms with Crippen molar-refractivity contribution in [3.05, 3.63) is 47.5 Å². The Bertz CT molecular complexity index is 836. The lowest BCUT2D eigenvalue weighted by molar-refractivity contribution is -0.119. The highest BCUT2D eigenvalue weighted by atomic mass is 16.5. The fraction of sp³-hybridized carbons (Fsp3) is 0.263. The first-order valence-corrected chi connectivity index (χ1v) is 7.87. The van der Waals surface area contributed by atoms with E-state index in [2.05, 4.69) is 10.6 Å². The number of anilines is 2. The van der Waals surface area contributed by atoms with Crippen molar-refractivity contribution in [2.24, 2.45) is 0 Å². The number of hydrogen-bond acceptors (Lipinski definition) is 4. The second kappa shape index (κ2) is 6.12. The smallest absolute Gasteiger partial charge is 0.263 e. The van der Waals surface area contributed by atoms with Gasteiger partial charge in [0.25, 0.3) is 5.91 Å². The second-order valence-corrected chi connectivity index (χ2v) is 6.33. The van der Waals surface area contributed by atoms with Gasteiger partial charge in [-0.05, 0) is 49.7 Å². The fourth-order valence-electron chi connectivity index (χ4n) is 2.92. The van der Waals surface area contributed by atoms with Crippen LogP contribution in [0.2, 0.25) is 0 Å². The number of amides is 2. The van der Waals surface area contributed by atoms with Gasteiger partial charge in [-0.15, -0.1) is 0 Å². The summed E-state index contributed by atoms with van der Waals surface area (Å²) in [5, 5.41) is 5.70. The summed E-state index contributed by atoms with van der Waals surface area (Å²) < 4.78 is 10.5. The van der Waals surface area contributed by atoms with E-state index in [0.29, 0.717) is 22.7 Å². The summed E-state index contributed by atoms with van der Waals surface area (Å²) in [5.74, 6) is 0.451. The van der Waals surface area contributed by atoms with Gasteiger partial charge in [-0.3, -0.25) is 9.59 Å². The topological polar surface area (TPSA) is 76.7 Å². The molecular formula is C19H20N2O4. The van der Waals surface area contributed by atoms with Crippen LogP contribution in [0, 0.1) is 0 Å². The quantitative estimate of drug-likeness (QED) is 0.896. The SMILES string of the molecule is COc1cccc(OC)c1C(=O)Nc1ccc2c(c1)C(C)(C)C(=O)N2. The molecule has 0 fully saturated rings. The van der Waals surface area contributed by atoms with E-state index in [4.69, 9.17) is 9.47 Å². The van der Waals surface area contributed by atoms with E-state index in [1.54, 1.807) is 30.3 Å². The Morgan fingerprint density at radius 3 is 2.32 bits per heavy atom. The third kappa shape index (κ3) is 2.80. The van der Waals surface area contributed by atoms with Crippen LogP contribution in [-0.4, -0.2) is 26.0 Å². The number of fused-ring (bicyclic) bond motifs is 1. The zero-order valence-electron chi connectivity index (χ0n) is 14.6. The van der Waals surface area contributed by atoms with E-state index in [0.717, 1.165) is 11.3 Å². The maximum absolute atomic E-state index is 12.7. The molecule has 0 saturated heterocycles. The average molecular weight is 340 g/mol. The van der Waals surface area contributed by atoms with Gasteiger partial charge in [0.05, 0.1) is 19.6 Å². The Labute approximate surface area is 146 Å². The molecule has 2 N–H and O–H groups in total. The first-order valence-electron chi connectivity index (χ1n) is 7.87. The molecule has 2 aromatic rings. The molecule has 130 valence electrons. The van der Waals surface area contributed by atoms with Gasteiger partial charge in [-0.1, -0.05) is 6.07 Å². The number of nitrogens with one attached hydrogen (secondary N) is 2. The van der Waals surface area contributed by atoms with Crippen LogP contribution in [0.3, 0.4) is 0 Å². The van der Waals surface area contributed by atoms with Crippen molar-refractivity contribution < 1.29 is 19.1 Å². The molecule has 1 heterocycles. The van der Waals surface area contributed by atoms with E-state index >= 15 is 0 Å². The van der Waals surface area contributed by atoms with E-state index in [-0.39, 0.29) is 11.8 Å². The minimum atomic E-state index is -0.641. The number of benzene rings is 2. The standard InChI is InChI=1S/C19H20N2O4/c1-19(2)12-10-11(8-9-13(12)21-18(19)23)20-17(22)16-14(24-3)6-5-7-15(16)25-4/h5-10H,1-4H3,(H,20,22)(H,21,23). The zero-order valence-corrected chi connectivity index (χ0v) is 14.6. The number of rotatable bonds is 4. The normalized spacial score (nSPS) is 14.5. The van der Waals surface area contributed by atoms with E-state index in [9.17, 15) is 9.59 Å². The van der Waals surface area contributed by atoms with Gasteiger partial charge < -0.3 is 20.1 Å². The van der Waals surface area contributed by atoms with E-state index < -0.39 is 5.41 Å². The maximum Gasteiger partial charge on any atom is 0.263 e. The summed E-state index contributed by atoms with van der Waals surface area (Å²) in [4.78, 5) is 24.8. The van der Waals surface area contributed by atoms with Gasteiger partial charge in [0.2, 0.25) is 5.91 Å². The fourth-order valence-corrected chi connectivity index (χ4v) is 2.92. The van der Waals surface area contributed by atoms with Crippen LogP contribution >= 0.6 is 0 Å². The predicted molar refractivity (Wildman–Crippen MR) is 95.6 cm³/mol. The predicted octanol–water partition coefficient (Wildman–Crippen LogP) is 3.19. The molecule has 0 atom stereocenters. The Balaban J connectivity index is 1.94. The van der Waals surface area contributed by atoms with Crippen molar-refractivity contribution in [3.8, 4) is 11.5 Å². The number of ether oxygens (including phenoxy) is 2. The molecule has 3 rings (SSSR count). The summed E-state index contributed by atoms with van der Waals surface area (Å²) in [7, 11) is 3.00. The van der Waals surface area contributed by atoms with Crippen molar-refractivity contribution >= 4 is 23.2 Å². The highest BCUT2D eigenvalue weighted by molar-refractivity contribution is 6.09. The van der Waals surface area contributed by atoms with Gasteiger partial charge in [0, 0.05) is 11.4 Å². The molecule has 6 heteroatoms. The second-order valence-electron chi connectivity index (χ2n) is 6.33. The molecule has 0 aliphatic carbocycles. The number of methoxy groups -OCH3 is 2. The van der Waals surface area contributed by atoms with Crippen molar-refractivity contribution in [3.63, 3.8) is 0 Å². The van der Waals surface area contributed by atoms with E-state index in [1.165, 1.54) is 14.2 Å². The van der Waals surface area contributed by atoms with Crippen molar-refractivity contribution in [1.29, 1.82) is 0 Å². The lowest BCUT2D eigenvalue weighted by Crippen LogP contribution is -2.27. The Morgan fingerprint density at radius 1 is 1.08 bits per heavy atom. The summed E-state index contributed by atoms with van der Waals surface area (Å²) >= 11 is 0. The first kappa shape index (κ1) is 16.8. The lowest BCUT2D eigenvalue weighted by Gasteiger charge is -2.17. The van der Waals surface area contributed by atoms with Crippen LogP contribution in [0.4, 0.5) is 11.4 Å². The van der Waals surface area contributed by atoms with Crippen LogP contribution in [0.5, 0.6) is 11.5 Å². The highest BCUT2D eigenvalue weighted by Crippen LogP contribution is 2.39. The zero-order chi connectivity index (χ0) is 18.2. The van der Waals surface area contributed by atoms with Crippen LogP contribution in [0.25, 0.3) is 0 Å². The van der Waals surface area contributed by atoms with Crippen LogP contribution in [0.1, 0.15) is 29.8 Å². The average Bonchev–Trinajstić information content (AvgIpc) is 2.83.